The molecule has 0 aromatic heterocycles. The minimum atomic E-state index is -0.777. The molecule has 0 aliphatic carbocycles. The molecule has 6 heteroatoms. The predicted molar refractivity (Wildman–Crippen MR) is 79.3 cm³/mol. The van der Waals surface area contributed by atoms with Crippen LogP contribution in [0.15, 0.2) is 24.3 Å². The van der Waals surface area contributed by atoms with Crippen LogP contribution in [0.4, 0.5) is 4.79 Å². The van der Waals surface area contributed by atoms with Crippen molar-refractivity contribution >= 4 is 23.5 Å². The van der Waals surface area contributed by atoms with Gasteiger partial charge in [0.15, 0.2) is 0 Å². The summed E-state index contributed by atoms with van der Waals surface area (Å²) in [4.78, 5) is 24.6. The van der Waals surface area contributed by atoms with E-state index in [0.717, 1.165) is 5.56 Å². The molecule has 1 aromatic rings. The van der Waals surface area contributed by atoms with Crippen molar-refractivity contribution in [3.63, 3.8) is 0 Å². The van der Waals surface area contributed by atoms with Gasteiger partial charge in [-0.1, -0.05) is 29.8 Å². The highest BCUT2D eigenvalue weighted by Crippen LogP contribution is 2.17. The van der Waals surface area contributed by atoms with Gasteiger partial charge in [-0.25, -0.2) is 4.79 Å². The van der Waals surface area contributed by atoms with E-state index in [0.29, 0.717) is 11.6 Å². The molecule has 110 valence electrons. The number of primary amides is 1. The van der Waals surface area contributed by atoms with Crippen molar-refractivity contribution in [2.24, 2.45) is 11.1 Å². The second kappa shape index (κ2) is 6.61. The Bertz CT molecular complexity index is 503. The molecule has 1 rings (SSSR count). The lowest BCUT2D eigenvalue weighted by atomic mass is 9.93. The highest BCUT2D eigenvalue weighted by Gasteiger charge is 2.26. The smallest absolute Gasteiger partial charge is 0.317 e. The van der Waals surface area contributed by atoms with E-state index in [1.807, 2.05) is 18.2 Å². The van der Waals surface area contributed by atoms with Gasteiger partial charge < -0.3 is 16.0 Å². The van der Waals surface area contributed by atoms with E-state index in [9.17, 15) is 9.59 Å². The molecule has 0 heterocycles. The summed E-state index contributed by atoms with van der Waals surface area (Å²) in [6, 6.07) is 7.06. The lowest BCUT2D eigenvalue weighted by molar-refractivity contribution is -0.125. The number of halogens is 1. The fourth-order valence-electron chi connectivity index (χ4n) is 1.47. The molecule has 3 amide bonds. The average molecular weight is 298 g/mol. The summed E-state index contributed by atoms with van der Waals surface area (Å²) in [5.74, 6) is -0.452. The molecule has 3 N–H and O–H groups in total. The van der Waals surface area contributed by atoms with E-state index in [-0.39, 0.29) is 12.6 Å². The Morgan fingerprint density at radius 1 is 1.35 bits per heavy atom. The molecule has 20 heavy (non-hydrogen) atoms. The number of benzene rings is 1. The topological polar surface area (TPSA) is 75.4 Å². The van der Waals surface area contributed by atoms with Gasteiger partial charge in [0, 0.05) is 25.2 Å². The summed E-state index contributed by atoms with van der Waals surface area (Å²) in [6.45, 7) is 3.95. The third-order valence-electron chi connectivity index (χ3n) is 3.06. The first kappa shape index (κ1) is 16.3. The van der Waals surface area contributed by atoms with Crippen LogP contribution in [-0.2, 0) is 11.3 Å². The SMILES string of the molecule is CN(Cc1ccccc1Cl)C(=O)NCC(C)(C)C(N)=O. The van der Waals surface area contributed by atoms with Gasteiger partial charge in [0.25, 0.3) is 0 Å². The fourth-order valence-corrected chi connectivity index (χ4v) is 1.67. The van der Waals surface area contributed by atoms with Crippen molar-refractivity contribution in [1.82, 2.24) is 10.2 Å². The highest BCUT2D eigenvalue weighted by atomic mass is 35.5. The molecule has 0 saturated heterocycles. The van der Waals surface area contributed by atoms with E-state index < -0.39 is 11.3 Å². The van der Waals surface area contributed by atoms with Crippen LogP contribution < -0.4 is 11.1 Å². The maximum Gasteiger partial charge on any atom is 0.317 e. The second-order valence-corrected chi connectivity index (χ2v) is 5.76. The zero-order chi connectivity index (χ0) is 15.3. The number of hydrogen-bond donors (Lipinski definition) is 2. The van der Waals surface area contributed by atoms with Gasteiger partial charge in [-0.05, 0) is 25.5 Å². The highest BCUT2D eigenvalue weighted by molar-refractivity contribution is 6.31. The Morgan fingerprint density at radius 3 is 2.50 bits per heavy atom. The zero-order valence-corrected chi connectivity index (χ0v) is 12.7. The average Bonchev–Trinajstić information content (AvgIpc) is 2.38. The molecule has 0 aliphatic rings. The molecule has 0 radical (unpaired) electrons. The molecule has 5 nitrogen and oxygen atoms in total. The number of urea groups is 1. The molecule has 0 aliphatic heterocycles. The zero-order valence-electron chi connectivity index (χ0n) is 11.9. The monoisotopic (exact) mass is 297 g/mol. The van der Waals surface area contributed by atoms with Crippen LogP contribution in [-0.4, -0.2) is 30.4 Å². The Hall–Kier alpha value is -1.75. The van der Waals surface area contributed by atoms with Crippen LogP contribution in [0.1, 0.15) is 19.4 Å². The van der Waals surface area contributed by atoms with Crippen LogP contribution in [0.5, 0.6) is 0 Å². The van der Waals surface area contributed by atoms with Crippen molar-refractivity contribution in [3.05, 3.63) is 34.9 Å². The molecule has 0 unspecified atom stereocenters. The molecular weight excluding hydrogens is 278 g/mol. The van der Waals surface area contributed by atoms with Crippen molar-refractivity contribution in [1.29, 1.82) is 0 Å². The first-order valence-electron chi connectivity index (χ1n) is 6.26. The summed E-state index contributed by atoms with van der Waals surface area (Å²) in [5, 5.41) is 3.30. The molecule has 1 aromatic carbocycles. The van der Waals surface area contributed by atoms with Crippen molar-refractivity contribution in [2.45, 2.75) is 20.4 Å². The normalized spacial score (nSPS) is 11.0. The third-order valence-corrected chi connectivity index (χ3v) is 3.43. The molecule has 0 spiro atoms. The van der Waals surface area contributed by atoms with Gasteiger partial charge in [0.05, 0.1) is 5.41 Å². The molecular formula is C14H20ClN3O2. The Balaban J connectivity index is 2.56. The fraction of sp³-hybridized carbons (Fsp3) is 0.429. The minimum absolute atomic E-state index is 0.189. The lowest BCUT2D eigenvalue weighted by Crippen LogP contribution is -2.46. The standard InChI is InChI=1S/C14H20ClN3O2/c1-14(2,12(16)19)9-17-13(20)18(3)8-10-6-4-5-7-11(10)15/h4-7H,8-9H2,1-3H3,(H2,16,19)(H,17,20). The van der Waals surface area contributed by atoms with E-state index in [4.69, 9.17) is 17.3 Å². The maximum atomic E-state index is 11.9. The summed E-state index contributed by atoms with van der Waals surface area (Å²) in [5.41, 5.74) is 5.34. The van der Waals surface area contributed by atoms with Crippen molar-refractivity contribution in [2.75, 3.05) is 13.6 Å². The quantitative estimate of drug-likeness (QED) is 0.872. The Labute approximate surface area is 124 Å². The summed E-state index contributed by atoms with van der Waals surface area (Å²) < 4.78 is 0. The van der Waals surface area contributed by atoms with E-state index >= 15 is 0 Å². The van der Waals surface area contributed by atoms with Gasteiger partial charge in [-0.15, -0.1) is 0 Å². The summed E-state index contributed by atoms with van der Waals surface area (Å²) >= 11 is 6.04. The molecule has 0 fully saturated rings. The van der Waals surface area contributed by atoms with Crippen LogP contribution >= 0.6 is 11.6 Å². The predicted octanol–water partition coefficient (Wildman–Crippen LogP) is 1.99. The van der Waals surface area contributed by atoms with E-state index in [1.54, 1.807) is 27.0 Å². The van der Waals surface area contributed by atoms with E-state index in [2.05, 4.69) is 5.32 Å². The molecule has 0 bridgehead atoms. The Kier molecular flexibility index (Phi) is 5.39. The first-order chi connectivity index (χ1) is 9.24. The number of nitrogens with zero attached hydrogens (tertiary/aromatic N) is 1. The van der Waals surface area contributed by atoms with E-state index in [1.165, 1.54) is 4.90 Å². The first-order valence-corrected chi connectivity index (χ1v) is 6.64. The number of rotatable bonds is 5. The number of nitrogens with one attached hydrogen (secondary N) is 1. The van der Waals surface area contributed by atoms with Crippen LogP contribution in [0.25, 0.3) is 0 Å². The maximum absolute atomic E-state index is 11.9. The van der Waals surface area contributed by atoms with Crippen LogP contribution in [0.2, 0.25) is 5.02 Å². The van der Waals surface area contributed by atoms with Crippen molar-refractivity contribution < 1.29 is 9.59 Å². The summed E-state index contributed by atoms with van der Waals surface area (Å²) in [7, 11) is 1.66. The van der Waals surface area contributed by atoms with Gasteiger partial charge in [-0.3, -0.25) is 4.79 Å². The van der Waals surface area contributed by atoms with Crippen molar-refractivity contribution in [3.8, 4) is 0 Å². The van der Waals surface area contributed by atoms with Gasteiger partial charge >= 0.3 is 6.03 Å². The van der Waals surface area contributed by atoms with Crippen LogP contribution in [0, 0.1) is 5.41 Å². The lowest BCUT2D eigenvalue weighted by Gasteiger charge is -2.24. The second-order valence-electron chi connectivity index (χ2n) is 5.35. The van der Waals surface area contributed by atoms with Gasteiger partial charge in [0.2, 0.25) is 5.91 Å². The largest absolute Gasteiger partial charge is 0.369 e. The van der Waals surface area contributed by atoms with Crippen LogP contribution in [0.3, 0.4) is 0 Å². The number of carbonyl (C=O) groups excluding carboxylic acids is 2. The number of carbonyl (C=O) groups is 2. The number of hydrogen-bond acceptors (Lipinski definition) is 2. The number of nitrogens with two attached hydrogens (primary N) is 1. The Morgan fingerprint density at radius 2 is 1.95 bits per heavy atom. The number of amides is 3. The minimum Gasteiger partial charge on any atom is -0.369 e. The van der Waals surface area contributed by atoms with Gasteiger partial charge in [-0.2, -0.15) is 0 Å². The third kappa shape index (κ3) is 4.42. The molecule has 0 atom stereocenters. The summed E-state index contributed by atoms with van der Waals surface area (Å²) in [6.07, 6.45) is 0. The van der Waals surface area contributed by atoms with Gasteiger partial charge in [0.1, 0.15) is 0 Å². The molecule has 0 saturated carbocycles.